The standard InChI is InChI=1S/C14H17N3O3/c1-4-19-13(18)11-9-20-14(16-11)15-10-7-5-6-8-12(10)17(2)3/h5-9H,4H2,1-3H3,(H,15,16). The van der Waals surface area contributed by atoms with Gasteiger partial charge in [0, 0.05) is 14.1 Å². The molecule has 1 aromatic carbocycles. The topological polar surface area (TPSA) is 67.6 Å². The predicted molar refractivity (Wildman–Crippen MR) is 76.5 cm³/mol. The van der Waals surface area contributed by atoms with Gasteiger partial charge in [-0.05, 0) is 19.1 Å². The first-order chi connectivity index (χ1) is 9.61. The fourth-order valence-corrected chi connectivity index (χ4v) is 1.71. The van der Waals surface area contributed by atoms with Gasteiger partial charge in [-0.2, -0.15) is 4.98 Å². The number of aromatic nitrogens is 1. The maximum atomic E-state index is 11.5. The lowest BCUT2D eigenvalue weighted by molar-refractivity contribution is 0.0519. The van der Waals surface area contributed by atoms with Crippen molar-refractivity contribution in [1.82, 2.24) is 4.98 Å². The third-order valence-electron chi connectivity index (χ3n) is 2.62. The fraction of sp³-hybridized carbons (Fsp3) is 0.286. The zero-order valence-electron chi connectivity index (χ0n) is 11.7. The average molecular weight is 275 g/mol. The number of hydrogen-bond donors (Lipinski definition) is 1. The van der Waals surface area contributed by atoms with Crippen molar-refractivity contribution >= 4 is 23.4 Å². The molecule has 6 heteroatoms. The summed E-state index contributed by atoms with van der Waals surface area (Å²) in [6.07, 6.45) is 1.28. The van der Waals surface area contributed by atoms with Crippen LogP contribution in [-0.4, -0.2) is 31.7 Å². The van der Waals surface area contributed by atoms with Gasteiger partial charge >= 0.3 is 5.97 Å². The summed E-state index contributed by atoms with van der Waals surface area (Å²) in [5.41, 5.74) is 1.98. The minimum Gasteiger partial charge on any atom is -0.461 e. The molecule has 2 rings (SSSR count). The molecule has 2 aromatic rings. The van der Waals surface area contributed by atoms with Crippen LogP contribution in [0.25, 0.3) is 0 Å². The van der Waals surface area contributed by atoms with Crippen molar-refractivity contribution in [1.29, 1.82) is 0 Å². The SMILES string of the molecule is CCOC(=O)c1coc(Nc2ccccc2N(C)C)n1. The molecule has 0 saturated heterocycles. The molecule has 0 aliphatic carbocycles. The van der Waals surface area contributed by atoms with Gasteiger partial charge in [0.2, 0.25) is 0 Å². The van der Waals surface area contributed by atoms with Crippen LogP contribution in [0.3, 0.4) is 0 Å². The summed E-state index contributed by atoms with van der Waals surface area (Å²) >= 11 is 0. The Morgan fingerprint density at radius 1 is 1.40 bits per heavy atom. The molecule has 0 saturated carbocycles. The second-order valence-corrected chi connectivity index (χ2v) is 4.29. The Kier molecular flexibility index (Phi) is 4.24. The summed E-state index contributed by atoms with van der Waals surface area (Å²) in [5, 5.41) is 3.04. The number of anilines is 3. The van der Waals surface area contributed by atoms with Gasteiger partial charge in [-0.25, -0.2) is 4.79 Å². The molecular weight excluding hydrogens is 258 g/mol. The minimum absolute atomic E-state index is 0.150. The Balaban J connectivity index is 2.17. The first-order valence-corrected chi connectivity index (χ1v) is 6.28. The van der Waals surface area contributed by atoms with Crippen molar-refractivity contribution in [2.24, 2.45) is 0 Å². The summed E-state index contributed by atoms with van der Waals surface area (Å²) in [5.74, 6) is -0.495. The number of nitrogens with one attached hydrogen (secondary N) is 1. The third-order valence-corrected chi connectivity index (χ3v) is 2.62. The normalized spacial score (nSPS) is 10.2. The molecule has 0 radical (unpaired) electrons. The van der Waals surface area contributed by atoms with E-state index in [0.717, 1.165) is 11.4 Å². The van der Waals surface area contributed by atoms with Gasteiger partial charge in [0.1, 0.15) is 6.26 Å². The summed E-state index contributed by atoms with van der Waals surface area (Å²) in [6, 6.07) is 7.98. The summed E-state index contributed by atoms with van der Waals surface area (Å²) in [7, 11) is 3.89. The molecule has 0 fully saturated rings. The van der Waals surface area contributed by atoms with Crippen LogP contribution < -0.4 is 10.2 Å². The van der Waals surface area contributed by atoms with E-state index in [1.54, 1.807) is 6.92 Å². The highest BCUT2D eigenvalue weighted by molar-refractivity contribution is 5.87. The van der Waals surface area contributed by atoms with Crippen LogP contribution in [0.4, 0.5) is 17.4 Å². The van der Waals surface area contributed by atoms with Crippen LogP contribution in [0, 0.1) is 0 Å². The highest BCUT2D eigenvalue weighted by Crippen LogP contribution is 2.26. The summed E-state index contributed by atoms with van der Waals surface area (Å²) < 4.78 is 10.1. The van der Waals surface area contributed by atoms with Crippen LogP contribution in [-0.2, 0) is 4.74 Å². The van der Waals surface area contributed by atoms with E-state index in [1.807, 2.05) is 43.3 Å². The van der Waals surface area contributed by atoms with E-state index in [2.05, 4.69) is 10.3 Å². The van der Waals surface area contributed by atoms with Crippen molar-refractivity contribution in [3.8, 4) is 0 Å². The summed E-state index contributed by atoms with van der Waals surface area (Å²) in [6.45, 7) is 2.04. The van der Waals surface area contributed by atoms with Gasteiger partial charge in [0.05, 0.1) is 18.0 Å². The van der Waals surface area contributed by atoms with E-state index in [9.17, 15) is 4.79 Å². The molecule has 0 bridgehead atoms. The van der Waals surface area contributed by atoms with Crippen molar-refractivity contribution in [2.75, 3.05) is 30.9 Å². The lowest BCUT2D eigenvalue weighted by atomic mass is 10.2. The Labute approximate surface area is 117 Å². The van der Waals surface area contributed by atoms with E-state index >= 15 is 0 Å². The van der Waals surface area contributed by atoms with Crippen molar-refractivity contribution in [3.05, 3.63) is 36.2 Å². The van der Waals surface area contributed by atoms with E-state index in [0.29, 0.717) is 6.61 Å². The van der Waals surface area contributed by atoms with Crippen molar-refractivity contribution in [3.63, 3.8) is 0 Å². The highest BCUT2D eigenvalue weighted by atomic mass is 16.5. The van der Waals surface area contributed by atoms with Gasteiger partial charge in [-0.1, -0.05) is 12.1 Å². The second-order valence-electron chi connectivity index (χ2n) is 4.29. The predicted octanol–water partition coefficient (Wildman–Crippen LogP) is 2.66. The van der Waals surface area contributed by atoms with Crippen LogP contribution in [0.15, 0.2) is 34.9 Å². The van der Waals surface area contributed by atoms with Crippen molar-refractivity contribution < 1.29 is 13.9 Å². The first-order valence-electron chi connectivity index (χ1n) is 6.28. The average Bonchev–Trinajstić information content (AvgIpc) is 2.88. The number of nitrogens with zero attached hydrogens (tertiary/aromatic N) is 2. The van der Waals surface area contributed by atoms with Crippen molar-refractivity contribution in [2.45, 2.75) is 6.92 Å². The number of oxazole rings is 1. The highest BCUT2D eigenvalue weighted by Gasteiger charge is 2.14. The van der Waals surface area contributed by atoms with Crippen LogP contribution in [0.1, 0.15) is 17.4 Å². The number of carbonyl (C=O) groups is 1. The van der Waals surface area contributed by atoms with Gasteiger partial charge in [-0.15, -0.1) is 0 Å². The molecule has 1 aromatic heterocycles. The number of ether oxygens (including phenoxy) is 1. The smallest absolute Gasteiger partial charge is 0.360 e. The van der Waals surface area contributed by atoms with Gasteiger partial charge in [-0.3, -0.25) is 0 Å². The van der Waals surface area contributed by atoms with E-state index in [1.165, 1.54) is 6.26 Å². The molecule has 0 aliphatic rings. The van der Waals surface area contributed by atoms with E-state index < -0.39 is 5.97 Å². The Hall–Kier alpha value is -2.50. The van der Waals surface area contributed by atoms with Gasteiger partial charge in [0.25, 0.3) is 6.01 Å². The molecule has 20 heavy (non-hydrogen) atoms. The lowest BCUT2D eigenvalue weighted by Crippen LogP contribution is -2.11. The summed E-state index contributed by atoms with van der Waals surface area (Å²) in [4.78, 5) is 17.5. The number of esters is 1. The second kappa shape index (κ2) is 6.10. The molecule has 0 atom stereocenters. The first kappa shape index (κ1) is 13.9. The molecule has 106 valence electrons. The zero-order valence-corrected chi connectivity index (χ0v) is 11.7. The third kappa shape index (κ3) is 3.09. The maximum absolute atomic E-state index is 11.5. The quantitative estimate of drug-likeness (QED) is 0.846. The molecule has 1 N–H and O–H groups in total. The number of para-hydroxylation sites is 2. The Morgan fingerprint density at radius 3 is 2.85 bits per heavy atom. The molecule has 0 amide bonds. The molecule has 6 nitrogen and oxygen atoms in total. The molecule has 0 unspecified atom stereocenters. The largest absolute Gasteiger partial charge is 0.461 e. The fourth-order valence-electron chi connectivity index (χ4n) is 1.71. The van der Waals surface area contributed by atoms with Crippen LogP contribution in [0.5, 0.6) is 0 Å². The number of benzene rings is 1. The van der Waals surface area contributed by atoms with Gasteiger partial charge < -0.3 is 19.4 Å². The van der Waals surface area contributed by atoms with Gasteiger partial charge in [0.15, 0.2) is 5.69 Å². The number of rotatable bonds is 5. The Morgan fingerprint density at radius 2 is 2.15 bits per heavy atom. The minimum atomic E-state index is -0.495. The molecule has 0 spiro atoms. The van der Waals surface area contributed by atoms with E-state index in [-0.39, 0.29) is 11.7 Å². The number of hydrogen-bond acceptors (Lipinski definition) is 6. The molecule has 1 heterocycles. The number of carbonyl (C=O) groups excluding carboxylic acids is 1. The van der Waals surface area contributed by atoms with Crippen LogP contribution >= 0.6 is 0 Å². The Bertz CT molecular complexity index is 593. The molecular formula is C14H17N3O3. The maximum Gasteiger partial charge on any atom is 0.360 e. The van der Waals surface area contributed by atoms with E-state index in [4.69, 9.17) is 9.15 Å². The zero-order chi connectivity index (χ0) is 14.5. The van der Waals surface area contributed by atoms with Crippen LogP contribution in [0.2, 0.25) is 0 Å². The molecule has 0 aliphatic heterocycles. The lowest BCUT2D eigenvalue weighted by Gasteiger charge is -2.16. The monoisotopic (exact) mass is 275 g/mol.